The van der Waals surface area contributed by atoms with Gasteiger partial charge in [-0.05, 0) is 24.1 Å². The van der Waals surface area contributed by atoms with Gasteiger partial charge < -0.3 is 5.32 Å². The van der Waals surface area contributed by atoms with Gasteiger partial charge in [-0.1, -0.05) is 36.4 Å². The average molecular weight is 198 g/mol. The summed E-state index contributed by atoms with van der Waals surface area (Å²) in [5.41, 5.74) is 2.44. The second-order valence-corrected chi connectivity index (χ2v) is 3.51. The average Bonchev–Trinajstić information content (AvgIpc) is 2.29. The van der Waals surface area contributed by atoms with Crippen LogP contribution in [0, 0.1) is 6.92 Å². The van der Waals surface area contributed by atoms with E-state index in [1.165, 1.54) is 11.1 Å². The smallest absolute Gasteiger partial charge is 0.129 e. The van der Waals surface area contributed by atoms with Crippen molar-refractivity contribution in [2.24, 2.45) is 0 Å². The van der Waals surface area contributed by atoms with Crippen LogP contribution in [0.4, 0.5) is 5.82 Å². The SMILES string of the molecule is Cc1cccnc1NCc1ccccc1. The quantitative estimate of drug-likeness (QED) is 0.820. The minimum Gasteiger partial charge on any atom is -0.366 e. The third-order valence-electron chi connectivity index (χ3n) is 2.31. The van der Waals surface area contributed by atoms with E-state index in [1.807, 2.05) is 24.3 Å². The number of aromatic nitrogens is 1. The molecule has 0 aliphatic heterocycles. The number of rotatable bonds is 3. The van der Waals surface area contributed by atoms with E-state index in [4.69, 9.17) is 0 Å². The molecule has 0 amide bonds. The maximum absolute atomic E-state index is 4.28. The van der Waals surface area contributed by atoms with Gasteiger partial charge in [-0.2, -0.15) is 0 Å². The van der Waals surface area contributed by atoms with Crippen LogP contribution >= 0.6 is 0 Å². The van der Waals surface area contributed by atoms with Crippen molar-refractivity contribution in [2.75, 3.05) is 5.32 Å². The highest BCUT2D eigenvalue weighted by atomic mass is 15.0. The molecule has 0 unspecified atom stereocenters. The van der Waals surface area contributed by atoms with E-state index in [9.17, 15) is 0 Å². The van der Waals surface area contributed by atoms with E-state index in [2.05, 4.69) is 35.4 Å². The fraction of sp³-hybridized carbons (Fsp3) is 0.154. The number of hydrogen-bond acceptors (Lipinski definition) is 2. The number of pyridine rings is 1. The lowest BCUT2D eigenvalue weighted by molar-refractivity contribution is 1.10. The van der Waals surface area contributed by atoms with E-state index >= 15 is 0 Å². The Labute approximate surface area is 90.0 Å². The Hall–Kier alpha value is -1.83. The van der Waals surface area contributed by atoms with Gasteiger partial charge in [0.15, 0.2) is 0 Å². The highest BCUT2D eigenvalue weighted by Crippen LogP contribution is 2.10. The minimum atomic E-state index is 0.818. The first kappa shape index (κ1) is 9.71. The van der Waals surface area contributed by atoms with Crippen molar-refractivity contribution < 1.29 is 0 Å². The van der Waals surface area contributed by atoms with E-state index in [0.29, 0.717) is 0 Å². The fourth-order valence-corrected chi connectivity index (χ4v) is 1.45. The number of aryl methyl sites for hydroxylation is 1. The zero-order valence-electron chi connectivity index (χ0n) is 8.77. The third kappa shape index (κ3) is 2.56. The van der Waals surface area contributed by atoms with Gasteiger partial charge in [0.25, 0.3) is 0 Å². The highest BCUT2D eigenvalue weighted by molar-refractivity contribution is 5.43. The molecule has 1 N–H and O–H groups in total. The molecule has 0 saturated carbocycles. The molecule has 0 atom stereocenters. The Balaban J connectivity index is 2.03. The van der Waals surface area contributed by atoms with Gasteiger partial charge in [-0.25, -0.2) is 4.98 Å². The predicted molar refractivity (Wildman–Crippen MR) is 62.7 cm³/mol. The van der Waals surface area contributed by atoms with Crippen LogP contribution in [-0.4, -0.2) is 4.98 Å². The van der Waals surface area contributed by atoms with Gasteiger partial charge >= 0.3 is 0 Å². The third-order valence-corrected chi connectivity index (χ3v) is 2.31. The van der Waals surface area contributed by atoms with Crippen LogP contribution in [0.5, 0.6) is 0 Å². The second-order valence-electron chi connectivity index (χ2n) is 3.51. The van der Waals surface area contributed by atoms with Crippen molar-refractivity contribution in [1.82, 2.24) is 4.98 Å². The van der Waals surface area contributed by atoms with Crippen LogP contribution in [0.3, 0.4) is 0 Å². The van der Waals surface area contributed by atoms with Gasteiger partial charge in [0, 0.05) is 12.7 Å². The summed E-state index contributed by atoms with van der Waals surface area (Å²) in [5.74, 6) is 0.960. The zero-order chi connectivity index (χ0) is 10.5. The van der Waals surface area contributed by atoms with E-state index in [-0.39, 0.29) is 0 Å². The Bertz CT molecular complexity index is 424. The first-order chi connectivity index (χ1) is 7.36. The summed E-state index contributed by atoms with van der Waals surface area (Å²) in [6, 6.07) is 14.3. The van der Waals surface area contributed by atoms with Crippen LogP contribution < -0.4 is 5.32 Å². The maximum Gasteiger partial charge on any atom is 0.129 e. The number of benzene rings is 1. The van der Waals surface area contributed by atoms with E-state index in [1.54, 1.807) is 6.20 Å². The van der Waals surface area contributed by atoms with Crippen molar-refractivity contribution in [3.05, 3.63) is 59.8 Å². The van der Waals surface area contributed by atoms with Crippen molar-refractivity contribution in [3.8, 4) is 0 Å². The Morgan fingerprint density at radius 3 is 2.60 bits per heavy atom. The van der Waals surface area contributed by atoms with Crippen LogP contribution in [0.2, 0.25) is 0 Å². The number of nitrogens with one attached hydrogen (secondary N) is 1. The molecule has 0 fully saturated rings. The van der Waals surface area contributed by atoms with Gasteiger partial charge in [0.1, 0.15) is 5.82 Å². The molecular formula is C13H14N2. The van der Waals surface area contributed by atoms with Crippen LogP contribution in [-0.2, 0) is 6.54 Å². The van der Waals surface area contributed by atoms with Crippen molar-refractivity contribution in [3.63, 3.8) is 0 Å². The maximum atomic E-state index is 4.28. The normalized spacial score (nSPS) is 9.93. The summed E-state index contributed by atoms with van der Waals surface area (Å²) in [7, 11) is 0. The molecule has 1 aromatic carbocycles. The molecule has 2 rings (SSSR count). The monoisotopic (exact) mass is 198 g/mol. The zero-order valence-corrected chi connectivity index (χ0v) is 8.77. The number of hydrogen-bond donors (Lipinski definition) is 1. The van der Waals surface area contributed by atoms with Crippen molar-refractivity contribution in [1.29, 1.82) is 0 Å². The molecule has 2 aromatic rings. The summed E-state index contributed by atoms with van der Waals surface area (Å²) in [6.45, 7) is 2.87. The van der Waals surface area contributed by atoms with Crippen molar-refractivity contribution >= 4 is 5.82 Å². The first-order valence-electron chi connectivity index (χ1n) is 5.05. The van der Waals surface area contributed by atoms with Crippen LogP contribution in [0.1, 0.15) is 11.1 Å². The van der Waals surface area contributed by atoms with Gasteiger partial charge in [-0.3, -0.25) is 0 Å². The molecule has 0 radical (unpaired) electrons. The summed E-state index contributed by atoms with van der Waals surface area (Å²) in [4.78, 5) is 4.28. The predicted octanol–water partition coefficient (Wildman–Crippen LogP) is 3.00. The molecular weight excluding hydrogens is 184 g/mol. The molecule has 0 aliphatic rings. The molecule has 0 spiro atoms. The molecule has 0 saturated heterocycles. The molecule has 2 nitrogen and oxygen atoms in total. The molecule has 1 heterocycles. The number of anilines is 1. The lowest BCUT2D eigenvalue weighted by Gasteiger charge is -2.07. The fourth-order valence-electron chi connectivity index (χ4n) is 1.45. The molecule has 1 aromatic heterocycles. The summed E-state index contributed by atoms with van der Waals surface area (Å²) in [5, 5.41) is 3.32. The Kier molecular flexibility index (Phi) is 2.98. The van der Waals surface area contributed by atoms with Gasteiger partial charge in [0.2, 0.25) is 0 Å². The lowest BCUT2D eigenvalue weighted by atomic mass is 10.2. The number of nitrogens with zero attached hydrogens (tertiary/aromatic N) is 1. The Morgan fingerprint density at radius 1 is 1.07 bits per heavy atom. The van der Waals surface area contributed by atoms with E-state index in [0.717, 1.165) is 12.4 Å². The van der Waals surface area contributed by atoms with Gasteiger partial charge in [-0.15, -0.1) is 0 Å². The van der Waals surface area contributed by atoms with Gasteiger partial charge in [0.05, 0.1) is 0 Å². The lowest BCUT2D eigenvalue weighted by Crippen LogP contribution is -2.02. The van der Waals surface area contributed by atoms with E-state index < -0.39 is 0 Å². The largest absolute Gasteiger partial charge is 0.366 e. The van der Waals surface area contributed by atoms with Crippen LogP contribution in [0.25, 0.3) is 0 Å². The minimum absolute atomic E-state index is 0.818. The van der Waals surface area contributed by atoms with Crippen molar-refractivity contribution in [2.45, 2.75) is 13.5 Å². The van der Waals surface area contributed by atoms with Crippen LogP contribution in [0.15, 0.2) is 48.7 Å². The molecule has 15 heavy (non-hydrogen) atoms. The molecule has 76 valence electrons. The molecule has 2 heteroatoms. The first-order valence-corrected chi connectivity index (χ1v) is 5.05. The summed E-state index contributed by atoms with van der Waals surface area (Å²) in [6.07, 6.45) is 1.81. The molecule has 0 bridgehead atoms. The Morgan fingerprint density at radius 2 is 1.87 bits per heavy atom. The highest BCUT2D eigenvalue weighted by Gasteiger charge is 1.97. The molecule has 0 aliphatic carbocycles. The summed E-state index contributed by atoms with van der Waals surface area (Å²) >= 11 is 0. The topological polar surface area (TPSA) is 24.9 Å². The standard InChI is InChI=1S/C13H14N2/c1-11-6-5-9-14-13(11)15-10-12-7-3-2-4-8-12/h2-9H,10H2,1H3,(H,14,15). The second kappa shape index (κ2) is 4.60. The summed E-state index contributed by atoms with van der Waals surface area (Å²) < 4.78 is 0.